The molecule has 0 aliphatic rings. The van der Waals surface area contributed by atoms with Crippen LogP contribution in [0.4, 0.5) is 5.69 Å². The summed E-state index contributed by atoms with van der Waals surface area (Å²) in [7, 11) is 0. The van der Waals surface area contributed by atoms with Crippen molar-refractivity contribution >= 4 is 23.4 Å². The van der Waals surface area contributed by atoms with Gasteiger partial charge in [0.1, 0.15) is 0 Å². The first kappa shape index (κ1) is 17.6. The van der Waals surface area contributed by atoms with E-state index < -0.39 is 0 Å². The van der Waals surface area contributed by atoms with Gasteiger partial charge in [-0.3, -0.25) is 4.79 Å². The van der Waals surface area contributed by atoms with Crippen molar-refractivity contribution in [2.75, 3.05) is 5.32 Å². The predicted octanol–water partition coefficient (Wildman–Crippen LogP) is 4.06. The highest BCUT2D eigenvalue weighted by Crippen LogP contribution is 2.22. The van der Waals surface area contributed by atoms with Gasteiger partial charge in [0, 0.05) is 11.4 Å². The molecule has 122 valence electrons. The number of aryl methyl sites for hydroxylation is 1. The van der Waals surface area contributed by atoms with Crippen LogP contribution < -0.4 is 5.32 Å². The lowest BCUT2D eigenvalue weighted by atomic mass is 10.1. The van der Waals surface area contributed by atoms with Crippen molar-refractivity contribution in [1.82, 2.24) is 0 Å². The molecule has 0 aliphatic carbocycles. The van der Waals surface area contributed by atoms with E-state index in [-0.39, 0.29) is 17.8 Å². The summed E-state index contributed by atoms with van der Waals surface area (Å²) in [6.45, 7) is 6.04. The topological polar surface area (TPSA) is 49.3 Å². The summed E-state index contributed by atoms with van der Waals surface area (Å²) in [4.78, 5) is 12.3. The maximum absolute atomic E-state index is 12.3. The molecule has 2 N–H and O–H groups in total. The Kier molecular flexibility index (Phi) is 6.25. The smallest absolute Gasteiger partial charge is 0.237 e. The molecule has 2 aromatic carbocycles. The van der Waals surface area contributed by atoms with Gasteiger partial charge >= 0.3 is 0 Å². The van der Waals surface area contributed by atoms with Crippen LogP contribution in [0, 0.1) is 13.8 Å². The average Bonchev–Trinajstić information content (AvgIpc) is 2.57. The Labute approximate surface area is 142 Å². The van der Waals surface area contributed by atoms with Crippen LogP contribution in [0.2, 0.25) is 0 Å². The fraction of sp³-hybridized carbons (Fsp3) is 0.316. The Hall–Kier alpha value is -1.78. The molecular weight excluding hydrogens is 306 g/mol. The quantitative estimate of drug-likeness (QED) is 0.840. The van der Waals surface area contributed by atoms with Crippen molar-refractivity contribution in [2.24, 2.45) is 0 Å². The third-order valence-corrected chi connectivity index (χ3v) is 5.15. The number of benzene rings is 2. The van der Waals surface area contributed by atoms with Crippen molar-refractivity contribution < 1.29 is 9.90 Å². The molecule has 0 spiro atoms. The Balaban J connectivity index is 1.90. The minimum Gasteiger partial charge on any atom is -0.392 e. The molecule has 1 amide bonds. The minimum atomic E-state index is -0.132. The maximum atomic E-state index is 12.3. The van der Waals surface area contributed by atoms with Crippen LogP contribution in [-0.4, -0.2) is 16.3 Å². The number of carbonyl (C=O) groups is 1. The molecule has 0 aromatic heterocycles. The highest BCUT2D eigenvalue weighted by molar-refractivity contribution is 7.99. The number of hydrogen-bond acceptors (Lipinski definition) is 3. The highest BCUT2D eigenvalue weighted by atomic mass is 32.2. The van der Waals surface area contributed by atoms with Crippen LogP contribution in [0.3, 0.4) is 0 Å². The number of amides is 1. The zero-order valence-corrected chi connectivity index (χ0v) is 14.6. The lowest BCUT2D eigenvalue weighted by Gasteiger charge is -2.14. The molecule has 0 radical (unpaired) electrons. The first-order valence-electron chi connectivity index (χ1n) is 7.68. The minimum absolute atomic E-state index is 0.0238. The molecule has 4 heteroatoms. The second-order valence-electron chi connectivity index (χ2n) is 5.66. The molecule has 0 aliphatic heterocycles. The Morgan fingerprint density at radius 2 is 1.78 bits per heavy atom. The van der Waals surface area contributed by atoms with Gasteiger partial charge in [0.05, 0.1) is 11.9 Å². The summed E-state index contributed by atoms with van der Waals surface area (Å²) in [5.74, 6) is 0.795. The van der Waals surface area contributed by atoms with Crippen LogP contribution >= 0.6 is 11.8 Å². The monoisotopic (exact) mass is 329 g/mol. The summed E-state index contributed by atoms with van der Waals surface area (Å²) in [6, 6.07) is 13.7. The molecule has 23 heavy (non-hydrogen) atoms. The number of carbonyl (C=O) groups excluding carboxylic acids is 1. The number of hydrogen-bond donors (Lipinski definition) is 2. The summed E-state index contributed by atoms with van der Waals surface area (Å²) in [5, 5.41) is 11.9. The standard InChI is InChI=1S/C19H23NO2S/c1-13-5-4-6-18(14(13)2)20-19(22)15(3)23-12-17-9-7-16(11-21)8-10-17/h4-10,15,21H,11-12H2,1-3H3,(H,20,22). The molecule has 0 bridgehead atoms. The number of aliphatic hydroxyl groups is 1. The second kappa shape index (κ2) is 8.18. The van der Waals surface area contributed by atoms with Crippen LogP contribution in [0.1, 0.15) is 29.2 Å². The molecule has 0 fully saturated rings. The molecule has 2 rings (SSSR count). The van der Waals surface area contributed by atoms with Crippen molar-refractivity contribution in [2.45, 2.75) is 38.4 Å². The number of thioether (sulfide) groups is 1. The van der Waals surface area contributed by atoms with E-state index in [0.717, 1.165) is 28.1 Å². The van der Waals surface area contributed by atoms with Gasteiger partial charge in [-0.05, 0) is 49.1 Å². The van der Waals surface area contributed by atoms with Gasteiger partial charge in [-0.15, -0.1) is 11.8 Å². The summed E-state index contributed by atoms with van der Waals surface area (Å²) >= 11 is 1.61. The third-order valence-electron chi connectivity index (χ3n) is 3.94. The third kappa shape index (κ3) is 4.85. The second-order valence-corrected chi connectivity index (χ2v) is 6.99. The van der Waals surface area contributed by atoms with Gasteiger partial charge in [-0.25, -0.2) is 0 Å². The van der Waals surface area contributed by atoms with E-state index in [1.165, 1.54) is 5.56 Å². The first-order chi connectivity index (χ1) is 11.0. The Bertz CT molecular complexity index is 668. The molecule has 1 atom stereocenters. The molecule has 0 saturated carbocycles. The summed E-state index contributed by atoms with van der Waals surface area (Å²) in [6.07, 6.45) is 0. The SMILES string of the molecule is Cc1cccc(NC(=O)C(C)SCc2ccc(CO)cc2)c1C. The van der Waals surface area contributed by atoms with Crippen LogP contribution in [0.5, 0.6) is 0 Å². The zero-order chi connectivity index (χ0) is 16.8. The fourth-order valence-electron chi connectivity index (χ4n) is 2.16. The lowest BCUT2D eigenvalue weighted by molar-refractivity contribution is -0.115. The van der Waals surface area contributed by atoms with E-state index >= 15 is 0 Å². The van der Waals surface area contributed by atoms with Crippen molar-refractivity contribution in [1.29, 1.82) is 0 Å². The average molecular weight is 329 g/mol. The summed E-state index contributed by atoms with van der Waals surface area (Å²) in [5.41, 5.74) is 5.22. The van der Waals surface area contributed by atoms with Gasteiger partial charge in [-0.2, -0.15) is 0 Å². The van der Waals surface area contributed by atoms with Gasteiger partial charge < -0.3 is 10.4 Å². The van der Waals surface area contributed by atoms with E-state index in [4.69, 9.17) is 5.11 Å². The zero-order valence-electron chi connectivity index (χ0n) is 13.8. The molecular formula is C19H23NO2S. The van der Waals surface area contributed by atoms with Crippen molar-refractivity contribution in [3.8, 4) is 0 Å². The van der Waals surface area contributed by atoms with E-state index in [0.29, 0.717) is 0 Å². The van der Waals surface area contributed by atoms with Crippen LogP contribution in [-0.2, 0) is 17.2 Å². The number of aliphatic hydroxyl groups excluding tert-OH is 1. The number of rotatable bonds is 6. The number of nitrogens with one attached hydrogen (secondary N) is 1. The van der Waals surface area contributed by atoms with E-state index in [1.807, 2.05) is 63.2 Å². The molecule has 0 saturated heterocycles. The van der Waals surface area contributed by atoms with Crippen LogP contribution in [0.15, 0.2) is 42.5 Å². The fourth-order valence-corrected chi connectivity index (χ4v) is 3.00. The van der Waals surface area contributed by atoms with Gasteiger partial charge in [0.2, 0.25) is 5.91 Å². The molecule has 3 nitrogen and oxygen atoms in total. The molecule has 0 heterocycles. The summed E-state index contributed by atoms with van der Waals surface area (Å²) < 4.78 is 0. The largest absolute Gasteiger partial charge is 0.392 e. The van der Waals surface area contributed by atoms with Gasteiger partial charge in [-0.1, -0.05) is 36.4 Å². The van der Waals surface area contributed by atoms with Gasteiger partial charge in [0.15, 0.2) is 0 Å². The van der Waals surface area contributed by atoms with Gasteiger partial charge in [0.25, 0.3) is 0 Å². The van der Waals surface area contributed by atoms with E-state index in [1.54, 1.807) is 11.8 Å². The van der Waals surface area contributed by atoms with Crippen molar-refractivity contribution in [3.05, 3.63) is 64.7 Å². The maximum Gasteiger partial charge on any atom is 0.237 e. The Morgan fingerprint density at radius 3 is 2.43 bits per heavy atom. The predicted molar refractivity (Wildman–Crippen MR) is 97.7 cm³/mol. The van der Waals surface area contributed by atoms with E-state index in [9.17, 15) is 4.79 Å². The normalized spacial score (nSPS) is 12.0. The molecule has 2 aromatic rings. The van der Waals surface area contributed by atoms with E-state index in [2.05, 4.69) is 5.32 Å². The van der Waals surface area contributed by atoms with Crippen LogP contribution in [0.25, 0.3) is 0 Å². The molecule has 1 unspecified atom stereocenters. The number of anilines is 1. The lowest BCUT2D eigenvalue weighted by Crippen LogP contribution is -2.23. The first-order valence-corrected chi connectivity index (χ1v) is 8.73. The van der Waals surface area contributed by atoms with Crippen molar-refractivity contribution in [3.63, 3.8) is 0 Å². The Morgan fingerprint density at radius 1 is 1.13 bits per heavy atom. The highest BCUT2D eigenvalue weighted by Gasteiger charge is 2.14.